The number of benzene rings is 2. The summed E-state index contributed by atoms with van der Waals surface area (Å²) in [6.07, 6.45) is 0.243. The standard InChI is InChI=1S/C22H28N2O4/c1-17(22(26)23-13-14-27-2)24(16-19-9-11-20(28-3)12-10-19)21(25)15-18-7-5-4-6-8-18/h4-12,17H,13-16H2,1-3H3,(H,23,26)/t17-/m0/s1. The molecule has 1 atom stereocenters. The lowest BCUT2D eigenvalue weighted by atomic mass is 10.1. The van der Waals surface area contributed by atoms with E-state index in [1.54, 1.807) is 26.0 Å². The molecule has 0 saturated carbocycles. The lowest BCUT2D eigenvalue weighted by Gasteiger charge is -2.29. The fourth-order valence-electron chi connectivity index (χ4n) is 2.81. The Balaban J connectivity index is 2.15. The highest BCUT2D eigenvalue weighted by Gasteiger charge is 2.26. The summed E-state index contributed by atoms with van der Waals surface area (Å²) in [5.41, 5.74) is 1.85. The van der Waals surface area contributed by atoms with Gasteiger partial charge in [0.1, 0.15) is 11.8 Å². The maximum atomic E-state index is 13.0. The van der Waals surface area contributed by atoms with Crippen molar-refractivity contribution >= 4 is 11.8 Å². The monoisotopic (exact) mass is 384 g/mol. The van der Waals surface area contributed by atoms with Crippen molar-refractivity contribution in [2.24, 2.45) is 0 Å². The Labute approximate surface area is 166 Å². The van der Waals surface area contributed by atoms with Crippen LogP contribution in [0.4, 0.5) is 0 Å². The van der Waals surface area contributed by atoms with Crippen LogP contribution in [0.1, 0.15) is 18.1 Å². The van der Waals surface area contributed by atoms with E-state index in [1.807, 2.05) is 54.6 Å². The van der Waals surface area contributed by atoms with Gasteiger partial charge < -0.3 is 19.7 Å². The third kappa shape index (κ3) is 6.39. The van der Waals surface area contributed by atoms with Gasteiger partial charge >= 0.3 is 0 Å². The molecule has 2 aromatic rings. The second kappa shape index (κ2) is 11.1. The Bertz CT molecular complexity index is 747. The average molecular weight is 384 g/mol. The van der Waals surface area contributed by atoms with Gasteiger partial charge in [-0.3, -0.25) is 9.59 Å². The molecule has 6 heteroatoms. The van der Waals surface area contributed by atoms with Crippen LogP contribution in [0, 0.1) is 0 Å². The van der Waals surface area contributed by atoms with Gasteiger partial charge in [-0.25, -0.2) is 0 Å². The van der Waals surface area contributed by atoms with Gasteiger partial charge in [-0.1, -0.05) is 42.5 Å². The minimum Gasteiger partial charge on any atom is -0.497 e. The maximum absolute atomic E-state index is 13.0. The Hall–Kier alpha value is -2.86. The van der Waals surface area contributed by atoms with Gasteiger partial charge in [0.25, 0.3) is 0 Å². The molecule has 0 aliphatic rings. The summed E-state index contributed by atoms with van der Waals surface area (Å²) in [5.74, 6) is 0.444. The molecule has 150 valence electrons. The molecule has 0 saturated heterocycles. The molecule has 2 amide bonds. The van der Waals surface area contributed by atoms with Crippen molar-refractivity contribution in [2.75, 3.05) is 27.4 Å². The van der Waals surface area contributed by atoms with Crippen molar-refractivity contribution in [3.05, 3.63) is 65.7 Å². The highest BCUT2D eigenvalue weighted by atomic mass is 16.5. The van der Waals surface area contributed by atoms with Crippen LogP contribution in [-0.4, -0.2) is 50.1 Å². The van der Waals surface area contributed by atoms with Crippen LogP contribution in [0.5, 0.6) is 5.75 Å². The largest absolute Gasteiger partial charge is 0.497 e. The summed E-state index contributed by atoms with van der Waals surface area (Å²) < 4.78 is 10.2. The first-order chi connectivity index (χ1) is 13.5. The highest BCUT2D eigenvalue weighted by molar-refractivity contribution is 5.88. The average Bonchev–Trinajstić information content (AvgIpc) is 2.72. The number of amides is 2. The van der Waals surface area contributed by atoms with E-state index in [1.165, 1.54) is 0 Å². The molecule has 0 heterocycles. The van der Waals surface area contributed by atoms with Crippen molar-refractivity contribution < 1.29 is 19.1 Å². The maximum Gasteiger partial charge on any atom is 0.242 e. The van der Waals surface area contributed by atoms with Gasteiger partial charge in [0.15, 0.2) is 0 Å². The minimum atomic E-state index is -0.602. The number of methoxy groups -OCH3 is 2. The van der Waals surface area contributed by atoms with Crippen molar-refractivity contribution in [3.63, 3.8) is 0 Å². The first-order valence-electron chi connectivity index (χ1n) is 9.28. The molecule has 1 N–H and O–H groups in total. The number of hydrogen-bond acceptors (Lipinski definition) is 4. The number of nitrogens with zero attached hydrogens (tertiary/aromatic N) is 1. The summed E-state index contributed by atoms with van der Waals surface area (Å²) in [5, 5.41) is 2.81. The molecule has 0 fully saturated rings. The Morgan fingerprint density at radius 2 is 1.68 bits per heavy atom. The zero-order valence-corrected chi connectivity index (χ0v) is 16.7. The van der Waals surface area contributed by atoms with Gasteiger partial charge in [-0.05, 0) is 30.2 Å². The van der Waals surface area contributed by atoms with Crippen molar-refractivity contribution in [1.29, 1.82) is 0 Å². The molecular weight excluding hydrogens is 356 g/mol. The molecule has 0 bridgehead atoms. The van der Waals surface area contributed by atoms with E-state index in [0.29, 0.717) is 19.7 Å². The summed E-state index contributed by atoms with van der Waals surface area (Å²) in [6.45, 7) is 2.92. The lowest BCUT2D eigenvalue weighted by Crippen LogP contribution is -2.48. The predicted octanol–water partition coefficient (Wildman–Crippen LogP) is 2.42. The number of rotatable bonds is 10. The fraction of sp³-hybridized carbons (Fsp3) is 0.364. The first-order valence-corrected chi connectivity index (χ1v) is 9.28. The number of hydrogen-bond donors (Lipinski definition) is 1. The summed E-state index contributed by atoms with van der Waals surface area (Å²) >= 11 is 0. The van der Waals surface area contributed by atoms with Crippen LogP contribution in [0.25, 0.3) is 0 Å². The highest BCUT2D eigenvalue weighted by Crippen LogP contribution is 2.16. The second-order valence-corrected chi connectivity index (χ2v) is 6.49. The zero-order chi connectivity index (χ0) is 20.4. The number of nitrogens with one attached hydrogen (secondary N) is 1. The molecular formula is C22H28N2O4. The van der Waals surface area contributed by atoms with Crippen LogP contribution in [-0.2, 0) is 27.3 Å². The fourth-order valence-corrected chi connectivity index (χ4v) is 2.81. The predicted molar refractivity (Wildman–Crippen MR) is 108 cm³/mol. The summed E-state index contributed by atoms with van der Waals surface area (Å²) in [6, 6.07) is 16.4. The molecule has 28 heavy (non-hydrogen) atoms. The SMILES string of the molecule is COCCNC(=O)[C@H](C)N(Cc1ccc(OC)cc1)C(=O)Cc1ccccc1. The van der Waals surface area contributed by atoms with E-state index in [4.69, 9.17) is 9.47 Å². The van der Waals surface area contributed by atoms with Crippen LogP contribution < -0.4 is 10.1 Å². The quantitative estimate of drug-likeness (QED) is 0.639. The number of ether oxygens (including phenoxy) is 2. The van der Waals surface area contributed by atoms with Crippen LogP contribution >= 0.6 is 0 Å². The smallest absolute Gasteiger partial charge is 0.242 e. The van der Waals surface area contributed by atoms with Gasteiger partial charge in [0.05, 0.1) is 20.1 Å². The summed E-state index contributed by atoms with van der Waals surface area (Å²) in [7, 11) is 3.19. The van der Waals surface area contributed by atoms with Gasteiger partial charge in [0, 0.05) is 20.2 Å². The van der Waals surface area contributed by atoms with Crippen LogP contribution in [0.15, 0.2) is 54.6 Å². The van der Waals surface area contributed by atoms with E-state index in [2.05, 4.69) is 5.32 Å². The number of carbonyl (C=O) groups excluding carboxylic acids is 2. The normalized spacial score (nSPS) is 11.5. The first kappa shape index (κ1) is 21.4. The molecule has 0 unspecified atom stereocenters. The Morgan fingerprint density at radius 3 is 2.29 bits per heavy atom. The molecule has 0 radical (unpaired) electrons. The minimum absolute atomic E-state index is 0.101. The van der Waals surface area contributed by atoms with E-state index in [9.17, 15) is 9.59 Å². The second-order valence-electron chi connectivity index (χ2n) is 6.49. The molecule has 2 rings (SSSR count). The molecule has 6 nitrogen and oxygen atoms in total. The van der Waals surface area contributed by atoms with Gasteiger partial charge in [-0.15, -0.1) is 0 Å². The molecule has 2 aromatic carbocycles. The molecule has 0 spiro atoms. The zero-order valence-electron chi connectivity index (χ0n) is 16.7. The van der Waals surface area contributed by atoms with Crippen molar-refractivity contribution in [3.8, 4) is 5.75 Å². The van der Waals surface area contributed by atoms with Gasteiger partial charge in [0.2, 0.25) is 11.8 Å². The third-order valence-corrected chi connectivity index (χ3v) is 4.48. The number of carbonyl (C=O) groups is 2. The lowest BCUT2D eigenvalue weighted by molar-refractivity contribution is -0.140. The molecule has 0 aliphatic carbocycles. The molecule has 0 aromatic heterocycles. The van der Waals surface area contributed by atoms with E-state index < -0.39 is 6.04 Å². The Morgan fingerprint density at radius 1 is 1.00 bits per heavy atom. The Kier molecular flexibility index (Phi) is 8.49. The molecule has 0 aliphatic heterocycles. The van der Waals surface area contributed by atoms with Crippen molar-refractivity contribution in [2.45, 2.75) is 25.9 Å². The third-order valence-electron chi connectivity index (χ3n) is 4.48. The summed E-state index contributed by atoms with van der Waals surface area (Å²) in [4.78, 5) is 27.1. The van der Waals surface area contributed by atoms with Crippen LogP contribution in [0.2, 0.25) is 0 Å². The van der Waals surface area contributed by atoms with E-state index in [0.717, 1.165) is 16.9 Å². The van der Waals surface area contributed by atoms with E-state index in [-0.39, 0.29) is 18.2 Å². The van der Waals surface area contributed by atoms with Gasteiger partial charge in [-0.2, -0.15) is 0 Å². The topological polar surface area (TPSA) is 67.9 Å². The van der Waals surface area contributed by atoms with E-state index >= 15 is 0 Å². The van der Waals surface area contributed by atoms with Crippen molar-refractivity contribution in [1.82, 2.24) is 10.2 Å². The van der Waals surface area contributed by atoms with Crippen LogP contribution in [0.3, 0.4) is 0 Å².